The molecule has 1 saturated heterocycles. The van der Waals surface area contributed by atoms with Gasteiger partial charge < -0.3 is 14.4 Å². The van der Waals surface area contributed by atoms with Crippen molar-refractivity contribution in [2.45, 2.75) is 32.3 Å². The minimum absolute atomic E-state index is 0.102. The number of ketones is 2. The quantitative estimate of drug-likeness (QED) is 0.581. The third-order valence-electron chi connectivity index (χ3n) is 6.53. The first-order valence-corrected chi connectivity index (χ1v) is 10.9. The molecule has 0 unspecified atom stereocenters. The summed E-state index contributed by atoms with van der Waals surface area (Å²) >= 11 is 0. The van der Waals surface area contributed by atoms with Crippen molar-refractivity contribution >= 4 is 17.5 Å². The maximum absolute atomic E-state index is 13.2. The summed E-state index contributed by atoms with van der Waals surface area (Å²) < 4.78 is 34.0. The van der Waals surface area contributed by atoms with Crippen molar-refractivity contribution in [3.63, 3.8) is 0 Å². The Morgan fingerprint density at radius 1 is 1.26 bits per heavy atom. The molecule has 0 N–H and O–H groups in total. The number of alkyl halides is 2. The number of methoxy groups -OCH3 is 1. The number of pyridine rings is 1. The summed E-state index contributed by atoms with van der Waals surface area (Å²) in [7, 11) is 1.46. The molecule has 1 aliphatic carbocycles. The van der Waals surface area contributed by atoms with E-state index in [0.717, 1.165) is 5.56 Å². The Balaban J connectivity index is 1.53. The maximum atomic E-state index is 13.2. The summed E-state index contributed by atoms with van der Waals surface area (Å²) in [6, 6.07) is 8.92. The molecule has 2 aliphatic rings. The van der Waals surface area contributed by atoms with Crippen LogP contribution in [-0.4, -0.2) is 60.8 Å². The average Bonchev–Trinajstić information content (AvgIpc) is 2.81. The van der Waals surface area contributed by atoms with Crippen LogP contribution in [0.1, 0.15) is 35.4 Å². The lowest BCUT2D eigenvalue weighted by Crippen LogP contribution is -2.62. The van der Waals surface area contributed by atoms with E-state index >= 15 is 0 Å². The van der Waals surface area contributed by atoms with Gasteiger partial charge in [-0.2, -0.15) is 14.0 Å². The zero-order valence-corrected chi connectivity index (χ0v) is 19.2. The number of nitrogens with zero attached hydrogens (tertiary/aromatic N) is 3. The number of ether oxygens (including phenoxy) is 2. The molecule has 1 aliphatic heterocycles. The van der Waals surface area contributed by atoms with Crippen LogP contribution in [0, 0.1) is 23.7 Å². The third-order valence-corrected chi connectivity index (χ3v) is 6.53. The van der Waals surface area contributed by atoms with Crippen molar-refractivity contribution < 1.29 is 32.6 Å². The predicted octanol–water partition coefficient (Wildman–Crippen LogP) is 3.02. The number of likely N-dealkylation sites (tertiary alicyclic amines) is 1. The van der Waals surface area contributed by atoms with Crippen molar-refractivity contribution in [2.75, 3.05) is 26.8 Å². The first-order valence-electron chi connectivity index (χ1n) is 10.9. The highest BCUT2D eigenvalue weighted by Crippen LogP contribution is 2.47. The Kier molecular flexibility index (Phi) is 6.63. The lowest BCUT2D eigenvalue weighted by atomic mass is 9.63. The number of rotatable bonds is 6. The number of amides is 1. The third kappa shape index (κ3) is 4.77. The molecular weight excluding hydrogens is 460 g/mol. The summed E-state index contributed by atoms with van der Waals surface area (Å²) in [5, 5.41) is 8.97. The van der Waals surface area contributed by atoms with E-state index in [1.165, 1.54) is 18.2 Å². The van der Waals surface area contributed by atoms with Gasteiger partial charge in [0.05, 0.1) is 18.4 Å². The number of benzene rings is 1. The second-order valence-electron chi connectivity index (χ2n) is 8.99. The van der Waals surface area contributed by atoms with Crippen molar-refractivity contribution in [3.05, 3.63) is 47.2 Å². The van der Waals surface area contributed by atoms with Crippen LogP contribution in [0.5, 0.6) is 5.75 Å². The van der Waals surface area contributed by atoms with Gasteiger partial charge in [0.1, 0.15) is 35.9 Å². The zero-order valence-electron chi connectivity index (χ0n) is 19.2. The molecular formula is C25H23F2N3O5. The molecule has 1 spiro atoms. The van der Waals surface area contributed by atoms with Gasteiger partial charge in [0.2, 0.25) is 5.91 Å². The SMILES string of the molecule is COc1cc(-c2ccc(C#N)cn2)cc(C)c1C1C(=O)CC2(CC1=O)CN(C(=O)COC(F)F)C2. The molecule has 0 bridgehead atoms. The molecule has 1 aromatic heterocycles. The van der Waals surface area contributed by atoms with Crippen molar-refractivity contribution in [1.29, 1.82) is 5.26 Å². The number of hydrogen-bond acceptors (Lipinski definition) is 7. The second-order valence-corrected chi connectivity index (χ2v) is 8.99. The maximum Gasteiger partial charge on any atom is 0.345 e. The van der Waals surface area contributed by atoms with E-state index in [0.29, 0.717) is 28.1 Å². The molecule has 0 atom stereocenters. The van der Waals surface area contributed by atoms with E-state index in [9.17, 15) is 23.2 Å². The minimum atomic E-state index is -3.04. The lowest BCUT2D eigenvalue weighted by molar-refractivity contribution is -0.171. The number of carbonyl (C=O) groups is 3. The minimum Gasteiger partial charge on any atom is -0.496 e. The first-order chi connectivity index (χ1) is 16.7. The Bertz CT molecular complexity index is 1200. The number of carbonyl (C=O) groups excluding carboxylic acids is 3. The van der Waals surface area contributed by atoms with E-state index in [4.69, 9.17) is 10.00 Å². The molecule has 2 aromatic rings. The molecule has 8 nitrogen and oxygen atoms in total. The Morgan fingerprint density at radius 3 is 2.49 bits per heavy atom. The molecule has 182 valence electrons. The van der Waals surface area contributed by atoms with Crippen molar-refractivity contribution in [2.24, 2.45) is 5.41 Å². The second kappa shape index (κ2) is 9.50. The fourth-order valence-electron chi connectivity index (χ4n) is 4.98. The van der Waals surface area contributed by atoms with Gasteiger partial charge in [-0.1, -0.05) is 0 Å². The number of aromatic nitrogens is 1. The van der Waals surface area contributed by atoms with Crippen LogP contribution >= 0.6 is 0 Å². The van der Waals surface area contributed by atoms with Crippen LogP contribution in [0.3, 0.4) is 0 Å². The highest BCUT2D eigenvalue weighted by atomic mass is 19.3. The summed E-state index contributed by atoms with van der Waals surface area (Å²) in [5.41, 5.74) is 2.30. The Hall–Kier alpha value is -3.71. The summed E-state index contributed by atoms with van der Waals surface area (Å²) in [6.45, 7) is -1.67. The summed E-state index contributed by atoms with van der Waals surface area (Å²) in [4.78, 5) is 44.0. The van der Waals surface area contributed by atoms with Crippen molar-refractivity contribution in [3.8, 4) is 23.1 Å². The van der Waals surface area contributed by atoms with Gasteiger partial charge in [-0.15, -0.1) is 0 Å². The smallest absolute Gasteiger partial charge is 0.345 e. The number of Topliss-reactive ketones (excluding diaryl/α,β-unsaturated/α-hetero) is 2. The van der Waals surface area contributed by atoms with Gasteiger partial charge in [-0.3, -0.25) is 19.4 Å². The summed E-state index contributed by atoms with van der Waals surface area (Å²) in [5.74, 6) is -1.71. The van der Waals surface area contributed by atoms with Gasteiger partial charge in [-0.25, -0.2) is 0 Å². The molecule has 1 amide bonds. The van der Waals surface area contributed by atoms with E-state index in [1.807, 2.05) is 12.1 Å². The lowest BCUT2D eigenvalue weighted by Gasteiger charge is -2.52. The fourth-order valence-corrected chi connectivity index (χ4v) is 4.98. The van der Waals surface area contributed by atoms with Crippen LogP contribution in [0.4, 0.5) is 8.78 Å². The van der Waals surface area contributed by atoms with E-state index in [2.05, 4.69) is 9.72 Å². The van der Waals surface area contributed by atoms with E-state index in [1.54, 1.807) is 25.1 Å². The number of hydrogen-bond donors (Lipinski definition) is 0. The Morgan fingerprint density at radius 2 is 1.94 bits per heavy atom. The predicted molar refractivity (Wildman–Crippen MR) is 119 cm³/mol. The van der Waals surface area contributed by atoms with Crippen LogP contribution in [0.15, 0.2) is 30.5 Å². The standard InChI is InChI=1S/C25H23F2N3O5/c1-14-5-16(17-4-3-15(9-28)10-29-17)6-20(34-2)22(14)23-18(31)7-25(8-19(23)32)12-30(13-25)21(33)11-35-24(26)27/h3-6,10,23-24H,7-8,11-13H2,1-2H3. The van der Waals surface area contributed by atoms with Gasteiger partial charge in [0.15, 0.2) is 0 Å². The van der Waals surface area contributed by atoms with Gasteiger partial charge in [-0.05, 0) is 36.8 Å². The normalized spacial score (nSPS) is 17.4. The number of halogens is 2. The van der Waals surface area contributed by atoms with Gasteiger partial charge in [0.25, 0.3) is 0 Å². The average molecular weight is 483 g/mol. The molecule has 1 aromatic carbocycles. The monoisotopic (exact) mass is 483 g/mol. The topological polar surface area (TPSA) is 110 Å². The highest BCUT2D eigenvalue weighted by molar-refractivity contribution is 6.11. The number of aryl methyl sites for hydroxylation is 1. The van der Waals surface area contributed by atoms with Crippen molar-refractivity contribution in [1.82, 2.24) is 9.88 Å². The van der Waals surface area contributed by atoms with Crippen LogP contribution in [-0.2, 0) is 19.1 Å². The Labute approximate surface area is 200 Å². The molecule has 2 heterocycles. The largest absolute Gasteiger partial charge is 0.496 e. The van der Waals surface area contributed by atoms with Gasteiger partial charge >= 0.3 is 6.61 Å². The van der Waals surface area contributed by atoms with Crippen LogP contribution in [0.2, 0.25) is 0 Å². The molecule has 4 rings (SSSR count). The van der Waals surface area contributed by atoms with Crippen LogP contribution < -0.4 is 4.74 Å². The van der Waals surface area contributed by atoms with E-state index < -0.39 is 30.5 Å². The first kappa shape index (κ1) is 24.4. The molecule has 1 saturated carbocycles. The van der Waals surface area contributed by atoms with E-state index in [-0.39, 0.29) is 37.5 Å². The van der Waals surface area contributed by atoms with Gasteiger partial charge in [0, 0.05) is 48.7 Å². The molecule has 35 heavy (non-hydrogen) atoms. The summed E-state index contributed by atoms with van der Waals surface area (Å²) in [6.07, 6.45) is 1.67. The highest BCUT2D eigenvalue weighted by Gasteiger charge is 2.53. The molecule has 0 radical (unpaired) electrons. The zero-order chi connectivity index (χ0) is 25.3. The number of nitriles is 1. The fraction of sp³-hybridized carbons (Fsp3) is 0.400. The molecule has 2 fully saturated rings. The molecule has 10 heteroatoms. The van der Waals surface area contributed by atoms with Crippen LogP contribution in [0.25, 0.3) is 11.3 Å².